The first-order valence-electron chi connectivity index (χ1n) is 15.5. The minimum absolute atomic E-state index is 0.179. The summed E-state index contributed by atoms with van der Waals surface area (Å²) in [4.78, 5) is 60.7. The Labute approximate surface area is 280 Å². The van der Waals surface area contributed by atoms with Crippen LogP contribution in [0.3, 0.4) is 0 Å². The Hall–Kier alpha value is -4.91. The molecule has 3 rings (SSSR count). The van der Waals surface area contributed by atoms with Crippen molar-refractivity contribution >= 4 is 29.8 Å². The molecule has 2 aromatic carbocycles. The number of hydrogen-bond donors (Lipinski definition) is 3. The number of hydrogen-bond acceptors (Lipinski definition) is 10. The van der Waals surface area contributed by atoms with Crippen LogP contribution >= 0.6 is 0 Å². The molecule has 13 nitrogen and oxygen atoms in total. The van der Waals surface area contributed by atoms with Gasteiger partial charge in [0.25, 0.3) is 0 Å². The third-order valence-corrected chi connectivity index (χ3v) is 7.12. The molecule has 1 aliphatic rings. The van der Waals surface area contributed by atoms with Crippen molar-refractivity contribution in [2.45, 2.75) is 84.2 Å². The number of fused-ring (bicyclic) bond motifs is 1. The lowest BCUT2D eigenvalue weighted by Crippen LogP contribution is -2.57. The Morgan fingerprint density at radius 2 is 1.52 bits per heavy atom. The second-order valence-electron chi connectivity index (χ2n) is 11.9. The zero-order valence-corrected chi connectivity index (χ0v) is 28.5. The topological polar surface area (TPSA) is 178 Å². The Morgan fingerprint density at radius 3 is 2.02 bits per heavy atom. The third-order valence-electron chi connectivity index (χ3n) is 7.12. The van der Waals surface area contributed by atoms with Gasteiger partial charge in [-0.2, -0.15) is 0 Å². The number of nitrogens with zero attached hydrogens (tertiary/aromatic N) is 1. The van der Waals surface area contributed by atoms with Gasteiger partial charge in [0.1, 0.15) is 17.7 Å². The minimum Gasteiger partial charge on any atom is -0.493 e. The summed E-state index contributed by atoms with van der Waals surface area (Å²) in [5, 5.41) is 18.8. The number of benzene rings is 2. The molecule has 0 unspecified atom stereocenters. The standard InChI is InChI=1S/C31H42N2O7.C4H4O4/c1-8-39-29(35)24(15-14-21-12-10-9-11-13-21)32-20(2)28(34)33-19-23-18-27(38-7)26(37-6)17-22(23)16-25(33)30(36)40-31(3,4)5;5-3(6)1-2-4(7)8/h9-13,17-18,20,24-25,32H,8,14-16,19H2,1-7H3;1-2H,(H,5,6)(H,7,8)/t20-,24-,25-;/m0./s1. The molecular formula is C35H46N2O11. The highest BCUT2D eigenvalue weighted by Crippen LogP contribution is 2.35. The molecule has 0 aromatic heterocycles. The van der Waals surface area contributed by atoms with Crippen molar-refractivity contribution in [2.24, 2.45) is 0 Å². The fourth-order valence-corrected chi connectivity index (χ4v) is 4.96. The minimum atomic E-state index is -1.26. The zero-order chi connectivity index (χ0) is 36.0. The van der Waals surface area contributed by atoms with Crippen LogP contribution in [0.2, 0.25) is 0 Å². The molecule has 48 heavy (non-hydrogen) atoms. The van der Waals surface area contributed by atoms with Gasteiger partial charge in [-0.15, -0.1) is 0 Å². The maximum Gasteiger partial charge on any atom is 0.329 e. The summed E-state index contributed by atoms with van der Waals surface area (Å²) in [5.41, 5.74) is 2.09. The van der Waals surface area contributed by atoms with E-state index in [9.17, 15) is 24.0 Å². The van der Waals surface area contributed by atoms with E-state index in [0.29, 0.717) is 36.5 Å². The molecule has 3 N–H and O–H groups in total. The average Bonchev–Trinajstić information content (AvgIpc) is 3.03. The number of carboxylic acid groups (broad SMARTS) is 2. The normalized spacial score (nSPS) is 15.2. The van der Waals surface area contributed by atoms with Crippen LogP contribution in [0.1, 0.15) is 57.7 Å². The SMILES string of the molecule is CCOC(=O)[C@H](CCc1ccccc1)N[C@@H](C)C(=O)N1Cc2cc(OC)c(OC)cc2C[C@H]1C(=O)OC(C)(C)C.O=C(O)C=CC(=O)O. The first kappa shape index (κ1) is 39.3. The van der Waals surface area contributed by atoms with Gasteiger partial charge in [-0.25, -0.2) is 14.4 Å². The summed E-state index contributed by atoms with van der Waals surface area (Å²) in [6.07, 6.45) is 2.47. The first-order valence-corrected chi connectivity index (χ1v) is 15.5. The van der Waals surface area contributed by atoms with Gasteiger partial charge in [0.05, 0.1) is 26.9 Å². The highest BCUT2D eigenvalue weighted by Gasteiger charge is 2.40. The maximum atomic E-state index is 13.9. The number of methoxy groups -OCH3 is 2. The number of aryl methyl sites for hydroxylation is 1. The molecular weight excluding hydrogens is 624 g/mol. The van der Waals surface area contributed by atoms with Gasteiger partial charge in [-0.3, -0.25) is 14.9 Å². The molecule has 1 heterocycles. The summed E-state index contributed by atoms with van der Waals surface area (Å²) >= 11 is 0. The van der Waals surface area contributed by atoms with E-state index in [4.69, 9.17) is 29.2 Å². The molecule has 1 amide bonds. The van der Waals surface area contributed by atoms with E-state index < -0.39 is 47.6 Å². The molecule has 0 radical (unpaired) electrons. The van der Waals surface area contributed by atoms with E-state index in [2.05, 4.69) is 5.32 Å². The average molecular weight is 671 g/mol. The summed E-state index contributed by atoms with van der Waals surface area (Å²) in [6, 6.07) is 11.2. The van der Waals surface area contributed by atoms with Crippen LogP contribution < -0.4 is 14.8 Å². The van der Waals surface area contributed by atoms with Gasteiger partial charge in [0.2, 0.25) is 5.91 Å². The number of carboxylic acids is 2. The second kappa shape index (κ2) is 18.4. The predicted octanol–water partition coefficient (Wildman–Crippen LogP) is 3.55. The van der Waals surface area contributed by atoms with Gasteiger partial charge >= 0.3 is 23.9 Å². The lowest BCUT2D eigenvalue weighted by atomic mass is 9.92. The van der Waals surface area contributed by atoms with Crippen LogP contribution in [0.5, 0.6) is 11.5 Å². The number of esters is 2. The number of amides is 1. The molecule has 0 saturated heterocycles. The van der Waals surface area contributed by atoms with E-state index >= 15 is 0 Å². The fraction of sp³-hybridized carbons (Fsp3) is 0.457. The van der Waals surface area contributed by atoms with E-state index in [-0.39, 0.29) is 25.5 Å². The van der Waals surface area contributed by atoms with Gasteiger partial charge in [-0.05, 0) is 76.3 Å². The van der Waals surface area contributed by atoms with E-state index in [0.717, 1.165) is 16.7 Å². The van der Waals surface area contributed by atoms with Crippen molar-refractivity contribution in [3.05, 3.63) is 71.3 Å². The van der Waals surface area contributed by atoms with Crippen LogP contribution in [0.15, 0.2) is 54.6 Å². The second-order valence-corrected chi connectivity index (χ2v) is 11.9. The van der Waals surface area contributed by atoms with Gasteiger partial charge < -0.3 is 34.1 Å². The number of ether oxygens (including phenoxy) is 4. The lowest BCUT2D eigenvalue weighted by Gasteiger charge is -2.38. The maximum absolute atomic E-state index is 13.9. The molecule has 3 atom stereocenters. The van der Waals surface area contributed by atoms with Crippen molar-refractivity contribution in [1.29, 1.82) is 0 Å². The Bertz CT molecular complexity index is 1430. The quantitative estimate of drug-likeness (QED) is 0.209. The van der Waals surface area contributed by atoms with Crippen molar-refractivity contribution in [3.8, 4) is 11.5 Å². The Balaban J connectivity index is 0.000000886. The number of carbonyl (C=O) groups is 5. The predicted molar refractivity (Wildman–Crippen MR) is 176 cm³/mol. The fourth-order valence-electron chi connectivity index (χ4n) is 4.96. The number of nitrogens with one attached hydrogen (secondary N) is 1. The van der Waals surface area contributed by atoms with Crippen molar-refractivity contribution in [1.82, 2.24) is 10.2 Å². The highest BCUT2D eigenvalue weighted by atomic mass is 16.6. The van der Waals surface area contributed by atoms with E-state index in [1.54, 1.807) is 48.8 Å². The molecule has 1 aliphatic heterocycles. The summed E-state index contributed by atoms with van der Waals surface area (Å²) in [5.74, 6) is -2.64. The largest absolute Gasteiger partial charge is 0.493 e. The molecule has 262 valence electrons. The Kier molecular flexibility index (Phi) is 15.1. The van der Waals surface area contributed by atoms with Crippen molar-refractivity contribution < 1.29 is 53.1 Å². The smallest absolute Gasteiger partial charge is 0.329 e. The lowest BCUT2D eigenvalue weighted by molar-refractivity contribution is -0.166. The van der Waals surface area contributed by atoms with Crippen molar-refractivity contribution in [2.75, 3.05) is 20.8 Å². The Morgan fingerprint density at radius 1 is 0.958 bits per heavy atom. The van der Waals surface area contributed by atoms with Gasteiger partial charge in [0.15, 0.2) is 11.5 Å². The summed E-state index contributed by atoms with van der Waals surface area (Å²) in [7, 11) is 3.11. The number of carbonyl (C=O) groups excluding carboxylic acids is 3. The first-order chi connectivity index (χ1) is 22.6. The van der Waals surface area contributed by atoms with Crippen LogP contribution in [0.4, 0.5) is 0 Å². The van der Waals surface area contributed by atoms with E-state index in [1.165, 1.54) is 4.90 Å². The van der Waals surface area contributed by atoms with Crippen molar-refractivity contribution in [3.63, 3.8) is 0 Å². The number of rotatable bonds is 13. The zero-order valence-electron chi connectivity index (χ0n) is 28.5. The van der Waals surface area contributed by atoms with Gasteiger partial charge in [-0.1, -0.05) is 30.3 Å². The van der Waals surface area contributed by atoms with Crippen LogP contribution in [-0.2, 0) is 52.8 Å². The van der Waals surface area contributed by atoms with Crippen LogP contribution in [-0.4, -0.2) is 89.5 Å². The number of aliphatic carboxylic acids is 2. The summed E-state index contributed by atoms with van der Waals surface area (Å²) < 4.78 is 21.9. The highest BCUT2D eigenvalue weighted by molar-refractivity contribution is 5.90. The van der Waals surface area contributed by atoms with Crippen LogP contribution in [0.25, 0.3) is 0 Å². The molecule has 0 bridgehead atoms. The third kappa shape index (κ3) is 12.4. The molecule has 0 aliphatic carbocycles. The molecule has 0 saturated carbocycles. The van der Waals surface area contributed by atoms with E-state index in [1.807, 2.05) is 42.5 Å². The molecule has 2 aromatic rings. The molecule has 13 heteroatoms. The van der Waals surface area contributed by atoms with Crippen LogP contribution in [0, 0.1) is 0 Å². The monoisotopic (exact) mass is 670 g/mol. The molecule has 0 fully saturated rings. The van der Waals surface area contributed by atoms with Gasteiger partial charge in [0, 0.05) is 25.1 Å². The molecule has 0 spiro atoms. The summed E-state index contributed by atoms with van der Waals surface area (Å²) in [6.45, 7) is 9.25.